The predicted molar refractivity (Wildman–Crippen MR) is 71.0 cm³/mol. The van der Waals surface area contributed by atoms with Gasteiger partial charge in [0.15, 0.2) is 0 Å². The number of carbonyl (C=O) groups is 2. The second-order valence-corrected chi connectivity index (χ2v) is 5.76. The van der Waals surface area contributed by atoms with E-state index >= 15 is 0 Å². The number of carboxylic acid groups (broad SMARTS) is 1. The van der Waals surface area contributed by atoms with Gasteiger partial charge in [0.25, 0.3) is 0 Å². The molecule has 2 saturated heterocycles. The van der Waals surface area contributed by atoms with Crippen LogP contribution < -0.4 is 0 Å². The Morgan fingerprint density at radius 1 is 1.11 bits per heavy atom. The highest BCUT2D eigenvalue weighted by atomic mass is 16.4. The Balaban J connectivity index is 1.91. The van der Waals surface area contributed by atoms with E-state index in [0.717, 1.165) is 25.9 Å². The monoisotopic (exact) mass is 269 g/mol. The van der Waals surface area contributed by atoms with Gasteiger partial charge in [0.2, 0.25) is 0 Å². The van der Waals surface area contributed by atoms with Crippen LogP contribution in [0.2, 0.25) is 0 Å². The van der Waals surface area contributed by atoms with E-state index < -0.39 is 11.9 Å². The van der Waals surface area contributed by atoms with Crippen LogP contribution in [0.4, 0.5) is 4.79 Å². The average Bonchev–Trinajstić information content (AvgIpc) is 2.87. The van der Waals surface area contributed by atoms with Gasteiger partial charge in [0, 0.05) is 32.2 Å². The molecule has 6 heteroatoms. The summed E-state index contributed by atoms with van der Waals surface area (Å²) in [4.78, 5) is 29.0. The van der Waals surface area contributed by atoms with Gasteiger partial charge in [0.05, 0.1) is 5.92 Å². The normalized spacial score (nSPS) is 27.9. The molecular formula is C13H23N3O3. The number of hydrogen-bond acceptors (Lipinski definition) is 3. The molecule has 0 aromatic rings. The van der Waals surface area contributed by atoms with E-state index in [1.807, 2.05) is 19.0 Å². The van der Waals surface area contributed by atoms with Crippen molar-refractivity contribution < 1.29 is 14.7 Å². The van der Waals surface area contributed by atoms with Gasteiger partial charge >= 0.3 is 12.0 Å². The van der Waals surface area contributed by atoms with Crippen molar-refractivity contribution in [2.45, 2.75) is 25.3 Å². The number of likely N-dealkylation sites (tertiary alicyclic amines) is 2. The first-order valence-electron chi connectivity index (χ1n) is 6.92. The Morgan fingerprint density at radius 3 is 2.37 bits per heavy atom. The van der Waals surface area contributed by atoms with Crippen molar-refractivity contribution in [2.75, 3.05) is 40.3 Å². The number of rotatable bonds is 2. The molecule has 0 aromatic heterocycles. The maximum Gasteiger partial charge on any atom is 0.320 e. The highest BCUT2D eigenvalue weighted by molar-refractivity contribution is 5.77. The maximum absolute atomic E-state index is 12.4. The van der Waals surface area contributed by atoms with Crippen molar-refractivity contribution in [3.05, 3.63) is 0 Å². The van der Waals surface area contributed by atoms with Crippen LogP contribution in [-0.2, 0) is 4.79 Å². The average molecular weight is 269 g/mol. The van der Waals surface area contributed by atoms with Crippen molar-refractivity contribution >= 4 is 12.0 Å². The lowest BCUT2D eigenvalue weighted by Crippen LogP contribution is -2.51. The lowest BCUT2D eigenvalue weighted by molar-refractivity contribution is -0.141. The molecule has 0 bridgehead atoms. The topological polar surface area (TPSA) is 64.1 Å². The fourth-order valence-electron chi connectivity index (χ4n) is 2.89. The fraction of sp³-hybridized carbons (Fsp3) is 0.846. The Kier molecular flexibility index (Phi) is 4.29. The number of carbonyl (C=O) groups excluding carboxylic acids is 1. The second kappa shape index (κ2) is 5.77. The largest absolute Gasteiger partial charge is 0.481 e. The third-order valence-corrected chi connectivity index (χ3v) is 4.21. The molecule has 0 aromatic carbocycles. The van der Waals surface area contributed by atoms with Gasteiger partial charge in [-0.1, -0.05) is 0 Å². The number of likely N-dealkylation sites (N-methyl/N-ethyl adjacent to an activating group) is 1. The molecule has 108 valence electrons. The Labute approximate surface area is 114 Å². The molecule has 2 rings (SSSR count). The highest BCUT2D eigenvalue weighted by Gasteiger charge is 2.34. The minimum atomic E-state index is -0.792. The molecular weight excluding hydrogens is 246 g/mol. The number of amides is 2. The van der Waals surface area contributed by atoms with Gasteiger partial charge in [-0.2, -0.15) is 0 Å². The molecule has 2 heterocycles. The molecule has 2 aliphatic rings. The molecule has 2 fully saturated rings. The quantitative estimate of drug-likeness (QED) is 0.794. The molecule has 2 atom stereocenters. The van der Waals surface area contributed by atoms with Crippen molar-refractivity contribution in [2.24, 2.45) is 5.92 Å². The zero-order valence-corrected chi connectivity index (χ0v) is 11.7. The van der Waals surface area contributed by atoms with E-state index in [4.69, 9.17) is 5.11 Å². The van der Waals surface area contributed by atoms with E-state index in [0.29, 0.717) is 25.6 Å². The number of nitrogens with zero attached hydrogens (tertiary/aromatic N) is 3. The molecule has 6 nitrogen and oxygen atoms in total. The van der Waals surface area contributed by atoms with Crippen molar-refractivity contribution in [1.82, 2.24) is 14.7 Å². The summed E-state index contributed by atoms with van der Waals surface area (Å²) in [6.45, 7) is 2.47. The molecule has 1 N–H and O–H groups in total. The predicted octanol–water partition coefficient (Wildman–Crippen LogP) is 0.539. The summed E-state index contributed by atoms with van der Waals surface area (Å²) in [5, 5.41) is 8.98. The van der Waals surface area contributed by atoms with Crippen LogP contribution in [0.25, 0.3) is 0 Å². The molecule has 0 aliphatic carbocycles. The summed E-state index contributed by atoms with van der Waals surface area (Å²) in [6, 6.07) is 0.422. The van der Waals surface area contributed by atoms with Gasteiger partial charge in [-0.3, -0.25) is 4.79 Å². The summed E-state index contributed by atoms with van der Waals surface area (Å²) in [5.74, 6) is -1.18. The number of urea groups is 1. The lowest BCUT2D eigenvalue weighted by Gasteiger charge is -2.37. The van der Waals surface area contributed by atoms with Gasteiger partial charge in [-0.15, -0.1) is 0 Å². The third kappa shape index (κ3) is 3.18. The van der Waals surface area contributed by atoms with Crippen LogP contribution in [0.5, 0.6) is 0 Å². The SMILES string of the molecule is CN(C)C1CCCN(C(=O)N2CCC(C(=O)O)C2)C1. The van der Waals surface area contributed by atoms with Gasteiger partial charge in [0.1, 0.15) is 0 Å². The van der Waals surface area contributed by atoms with E-state index in [2.05, 4.69) is 4.90 Å². The standard InChI is InChI=1S/C13H23N3O3/c1-14(2)11-4-3-6-15(9-11)13(19)16-7-5-10(8-16)12(17)18/h10-11H,3-9H2,1-2H3,(H,17,18). The molecule has 2 unspecified atom stereocenters. The van der Waals surface area contributed by atoms with E-state index in [1.54, 1.807) is 4.90 Å². The van der Waals surface area contributed by atoms with Crippen LogP contribution in [-0.4, -0.2) is 78.1 Å². The number of hydrogen-bond donors (Lipinski definition) is 1. The summed E-state index contributed by atoms with van der Waals surface area (Å²) >= 11 is 0. The number of piperidine rings is 1. The Bertz CT molecular complexity index is 359. The fourth-order valence-corrected chi connectivity index (χ4v) is 2.89. The smallest absolute Gasteiger partial charge is 0.320 e. The Hall–Kier alpha value is -1.30. The first-order chi connectivity index (χ1) is 8.99. The van der Waals surface area contributed by atoms with Crippen LogP contribution >= 0.6 is 0 Å². The minimum absolute atomic E-state index is 0.00954. The molecule has 2 aliphatic heterocycles. The van der Waals surface area contributed by atoms with Gasteiger partial charge in [-0.05, 0) is 33.4 Å². The van der Waals surface area contributed by atoms with Gasteiger partial charge < -0.3 is 19.8 Å². The highest BCUT2D eigenvalue weighted by Crippen LogP contribution is 2.21. The van der Waals surface area contributed by atoms with Crippen LogP contribution in [0.1, 0.15) is 19.3 Å². The minimum Gasteiger partial charge on any atom is -0.481 e. The summed E-state index contributed by atoms with van der Waals surface area (Å²) in [7, 11) is 4.07. The van der Waals surface area contributed by atoms with Crippen LogP contribution in [0.15, 0.2) is 0 Å². The van der Waals surface area contributed by atoms with E-state index in [9.17, 15) is 9.59 Å². The second-order valence-electron chi connectivity index (χ2n) is 5.76. The summed E-state index contributed by atoms with van der Waals surface area (Å²) < 4.78 is 0. The van der Waals surface area contributed by atoms with Crippen molar-refractivity contribution in [3.63, 3.8) is 0 Å². The van der Waals surface area contributed by atoms with Crippen molar-refractivity contribution in [1.29, 1.82) is 0 Å². The first kappa shape index (κ1) is 14.1. The van der Waals surface area contributed by atoms with E-state index in [1.165, 1.54) is 0 Å². The van der Waals surface area contributed by atoms with Crippen molar-refractivity contribution in [3.8, 4) is 0 Å². The van der Waals surface area contributed by atoms with Crippen LogP contribution in [0.3, 0.4) is 0 Å². The third-order valence-electron chi connectivity index (χ3n) is 4.21. The maximum atomic E-state index is 12.4. The Morgan fingerprint density at radius 2 is 1.79 bits per heavy atom. The molecule has 19 heavy (non-hydrogen) atoms. The zero-order chi connectivity index (χ0) is 14.0. The summed E-state index contributed by atoms with van der Waals surface area (Å²) in [6.07, 6.45) is 2.71. The number of aliphatic carboxylic acids is 1. The first-order valence-corrected chi connectivity index (χ1v) is 6.92. The molecule has 0 spiro atoms. The zero-order valence-electron chi connectivity index (χ0n) is 11.7. The van der Waals surface area contributed by atoms with E-state index in [-0.39, 0.29) is 6.03 Å². The van der Waals surface area contributed by atoms with Crippen LogP contribution in [0, 0.1) is 5.92 Å². The summed E-state index contributed by atoms with van der Waals surface area (Å²) in [5.41, 5.74) is 0. The lowest BCUT2D eigenvalue weighted by atomic mass is 10.1. The molecule has 0 saturated carbocycles. The molecule has 2 amide bonds. The number of carboxylic acids is 1. The van der Waals surface area contributed by atoms with Gasteiger partial charge in [-0.25, -0.2) is 4.79 Å². The molecule has 0 radical (unpaired) electrons.